The van der Waals surface area contributed by atoms with E-state index in [4.69, 9.17) is 5.73 Å². The molecular weight excluding hydrogens is 222 g/mol. The standard InChI is InChI=1S/C15H27N3/c16-12-15(8-11-18-10-3-6-14(15)18)17-9-7-13-4-1-2-5-13/h4,14,17H,1-3,5-12,16H2. The van der Waals surface area contributed by atoms with Crippen LogP contribution in [0.25, 0.3) is 0 Å². The Labute approximate surface area is 111 Å². The van der Waals surface area contributed by atoms with Gasteiger partial charge in [-0.2, -0.15) is 0 Å². The van der Waals surface area contributed by atoms with E-state index < -0.39 is 0 Å². The number of hydrogen-bond acceptors (Lipinski definition) is 3. The van der Waals surface area contributed by atoms with Crippen molar-refractivity contribution in [3.63, 3.8) is 0 Å². The molecule has 102 valence electrons. The highest BCUT2D eigenvalue weighted by Gasteiger charge is 2.47. The molecule has 2 unspecified atom stereocenters. The average molecular weight is 249 g/mol. The summed E-state index contributed by atoms with van der Waals surface area (Å²) in [7, 11) is 0. The van der Waals surface area contributed by atoms with Crippen molar-refractivity contribution in [1.29, 1.82) is 0 Å². The lowest BCUT2D eigenvalue weighted by Gasteiger charge is -2.35. The molecule has 3 rings (SSSR count). The van der Waals surface area contributed by atoms with Crippen molar-refractivity contribution in [1.82, 2.24) is 10.2 Å². The molecule has 0 aromatic rings. The fourth-order valence-electron chi connectivity index (χ4n) is 4.18. The summed E-state index contributed by atoms with van der Waals surface area (Å²) >= 11 is 0. The molecule has 0 aromatic carbocycles. The van der Waals surface area contributed by atoms with Crippen LogP contribution >= 0.6 is 0 Å². The van der Waals surface area contributed by atoms with Gasteiger partial charge in [-0.15, -0.1) is 0 Å². The van der Waals surface area contributed by atoms with E-state index in [-0.39, 0.29) is 5.54 Å². The summed E-state index contributed by atoms with van der Waals surface area (Å²) in [4.78, 5) is 2.65. The monoisotopic (exact) mass is 249 g/mol. The average Bonchev–Trinajstić information content (AvgIpc) is 3.07. The quantitative estimate of drug-likeness (QED) is 0.728. The Balaban J connectivity index is 1.55. The molecule has 0 bridgehead atoms. The fraction of sp³-hybridized carbons (Fsp3) is 0.867. The van der Waals surface area contributed by atoms with Crippen LogP contribution in [0.15, 0.2) is 11.6 Å². The van der Waals surface area contributed by atoms with Gasteiger partial charge in [0, 0.05) is 24.7 Å². The van der Waals surface area contributed by atoms with Crippen LogP contribution < -0.4 is 11.1 Å². The molecule has 2 fully saturated rings. The zero-order valence-electron chi connectivity index (χ0n) is 11.5. The van der Waals surface area contributed by atoms with Crippen LogP contribution in [0.4, 0.5) is 0 Å². The first kappa shape index (κ1) is 12.6. The first-order valence-electron chi connectivity index (χ1n) is 7.71. The molecule has 2 saturated heterocycles. The smallest absolute Gasteiger partial charge is 0.0473 e. The summed E-state index contributed by atoms with van der Waals surface area (Å²) in [5, 5.41) is 3.84. The SMILES string of the molecule is NCC1(NCCC2=CCCC2)CCN2CCCC21. The summed E-state index contributed by atoms with van der Waals surface area (Å²) in [5.74, 6) is 0. The minimum atomic E-state index is 0.218. The van der Waals surface area contributed by atoms with Gasteiger partial charge in [0.1, 0.15) is 0 Å². The predicted molar refractivity (Wildman–Crippen MR) is 75.6 cm³/mol. The van der Waals surface area contributed by atoms with E-state index in [0.29, 0.717) is 6.04 Å². The molecular formula is C15H27N3. The molecule has 3 heteroatoms. The highest BCUT2D eigenvalue weighted by molar-refractivity contribution is 5.11. The second-order valence-electron chi connectivity index (χ2n) is 6.24. The summed E-state index contributed by atoms with van der Waals surface area (Å²) in [6, 6.07) is 0.708. The molecule has 3 N–H and O–H groups in total. The minimum Gasteiger partial charge on any atom is -0.329 e. The van der Waals surface area contributed by atoms with Crippen LogP contribution in [0.1, 0.15) is 44.9 Å². The molecule has 2 heterocycles. The molecule has 18 heavy (non-hydrogen) atoms. The molecule has 0 radical (unpaired) electrons. The third kappa shape index (κ3) is 2.24. The van der Waals surface area contributed by atoms with Gasteiger partial charge in [0.05, 0.1) is 0 Å². The molecule has 2 atom stereocenters. The largest absolute Gasteiger partial charge is 0.329 e. The molecule has 1 aliphatic carbocycles. The molecule has 0 aromatic heterocycles. The highest BCUT2D eigenvalue weighted by Crippen LogP contribution is 2.35. The topological polar surface area (TPSA) is 41.3 Å². The van der Waals surface area contributed by atoms with Gasteiger partial charge < -0.3 is 11.1 Å². The number of rotatable bonds is 5. The van der Waals surface area contributed by atoms with Gasteiger partial charge in [-0.05, 0) is 58.0 Å². The summed E-state index contributed by atoms with van der Waals surface area (Å²) in [6.07, 6.45) is 11.6. The van der Waals surface area contributed by atoms with Gasteiger partial charge in [0.25, 0.3) is 0 Å². The Morgan fingerprint density at radius 1 is 1.39 bits per heavy atom. The van der Waals surface area contributed by atoms with E-state index in [0.717, 1.165) is 13.1 Å². The first-order valence-corrected chi connectivity index (χ1v) is 7.71. The Kier molecular flexibility index (Phi) is 3.73. The number of nitrogens with one attached hydrogen (secondary N) is 1. The van der Waals surface area contributed by atoms with Crippen molar-refractivity contribution in [2.24, 2.45) is 5.73 Å². The second-order valence-corrected chi connectivity index (χ2v) is 6.24. The van der Waals surface area contributed by atoms with Crippen molar-refractivity contribution in [2.75, 3.05) is 26.2 Å². The molecule has 0 spiro atoms. The van der Waals surface area contributed by atoms with E-state index in [1.54, 1.807) is 5.57 Å². The predicted octanol–water partition coefficient (Wildman–Crippen LogP) is 1.64. The van der Waals surface area contributed by atoms with Gasteiger partial charge in [-0.1, -0.05) is 11.6 Å². The zero-order chi connectivity index (χ0) is 12.4. The van der Waals surface area contributed by atoms with Crippen molar-refractivity contribution in [2.45, 2.75) is 56.5 Å². The van der Waals surface area contributed by atoms with Gasteiger partial charge in [-0.25, -0.2) is 0 Å². The number of fused-ring (bicyclic) bond motifs is 1. The van der Waals surface area contributed by atoms with E-state index >= 15 is 0 Å². The Morgan fingerprint density at radius 3 is 3.11 bits per heavy atom. The van der Waals surface area contributed by atoms with Crippen LogP contribution in [-0.4, -0.2) is 42.7 Å². The Hall–Kier alpha value is -0.380. The lowest BCUT2D eigenvalue weighted by Crippen LogP contribution is -2.58. The van der Waals surface area contributed by atoms with Crippen LogP contribution in [0.2, 0.25) is 0 Å². The molecule has 0 saturated carbocycles. The summed E-state index contributed by atoms with van der Waals surface area (Å²) < 4.78 is 0. The van der Waals surface area contributed by atoms with Crippen molar-refractivity contribution in [3.8, 4) is 0 Å². The molecule has 3 aliphatic rings. The van der Waals surface area contributed by atoms with E-state index in [9.17, 15) is 0 Å². The Morgan fingerprint density at radius 2 is 2.33 bits per heavy atom. The van der Waals surface area contributed by atoms with Gasteiger partial charge in [-0.3, -0.25) is 4.90 Å². The first-order chi connectivity index (χ1) is 8.84. The van der Waals surface area contributed by atoms with Gasteiger partial charge in [0.2, 0.25) is 0 Å². The zero-order valence-corrected chi connectivity index (χ0v) is 11.5. The van der Waals surface area contributed by atoms with Crippen molar-refractivity contribution >= 4 is 0 Å². The van der Waals surface area contributed by atoms with E-state index in [1.165, 1.54) is 58.0 Å². The van der Waals surface area contributed by atoms with Crippen LogP contribution in [0.5, 0.6) is 0 Å². The number of nitrogens with zero attached hydrogens (tertiary/aromatic N) is 1. The normalized spacial score (nSPS) is 36.1. The van der Waals surface area contributed by atoms with Crippen LogP contribution in [0, 0.1) is 0 Å². The maximum Gasteiger partial charge on any atom is 0.0473 e. The summed E-state index contributed by atoms with van der Waals surface area (Å²) in [6.45, 7) is 4.46. The minimum absolute atomic E-state index is 0.218. The number of allylic oxidation sites excluding steroid dienone is 1. The molecule has 0 amide bonds. The highest BCUT2D eigenvalue weighted by atomic mass is 15.3. The van der Waals surface area contributed by atoms with Crippen LogP contribution in [-0.2, 0) is 0 Å². The third-order valence-electron chi connectivity index (χ3n) is 5.27. The lowest BCUT2D eigenvalue weighted by atomic mass is 9.88. The van der Waals surface area contributed by atoms with Crippen molar-refractivity contribution in [3.05, 3.63) is 11.6 Å². The van der Waals surface area contributed by atoms with Crippen molar-refractivity contribution < 1.29 is 0 Å². The fourth-order valence-corrected chi connectivity index (χ4v) is 4.18. The van der Waals surface area contributed by atoms with Crippen LogP contribution in [0.3, 0.4) is 0 Å². The maximum atomic E-state index is 6.12. The van der Waals surface area contributed by atoms with Gasteiger partial charge in [0.15, 0.2) is 0 Å². The van der Waals surface area contributed by atoms with E-state index in [1.807, 2.05) is 0 Å². The molecule has 3 nitrogen and oxygen atoms in total. The number of hydrogen-bond donors (Lipinski definition) is 2. The van der Waals surface area contributed by atoms with E-state index in [2.05, 4.69) is 16.3 Å². The Bertz CT molecular complexity index is 326. The van der Waals surface area contributed by atoms with Gasteiger partial charge >= 0.3 is 0 Å². The molecule has 2 aliphatic heterocycles. The third-order valence-corrected chi connectivity index (χ3v) is 5.27. The lowest BCUT2D eigenvalue weighted by molar-refractivity contribution is 0.230. The number of nitrogens with two attached hydrogens (primary N) is 1. The second kappa shape index (κ2) is 5.32. The summed E-state index contributed by atoms with van der Waals surface area (Å²) in [5.41, 5.74) is 8.00. The maximum absolute atomic E-state index is 6.12.